The Kier molecular flexibility index (Phi) is 3.81. The molecule has 1 saturated carbocycles. The molecule has 1 N–H and O–H groups in total. The van der Waals surface area contributed by atoms with Crippen LogP contribution in [0.2, 0.25) is 0 Å². The van der Waals surface area contributed by atoms with Crippen molar-refractivity contribution in [3.63, 3.8) is 0 Å². The van der Waals surface area contributed by atoms with Crippen LogP contribution in [0.5, 0.6) is 0 Å². The summed E-state index contributed by atoms with van der Waals surface area (Å²) in [5, 5.41) is 11.6. The lowest BCUT2D eigenvalue weighted by atomic mass is 10.2. The van der Waals surface area contributed by atoms with Crippen LogP contribution >= 0.6 is 27.3 Å². The maximum absolute atomic E-state index is 10.9. The van der Waals surface area contributed by atoms with E-state index in [4.69, 9.17) is 5.11 Å². The number of carboxylic acid groups (broad SMARTS) is 1. The summed E-state index contributed by atoms with van der Waals surface area (Å²) in [6, 6.07) is 0.342. The average molecular weight is 305 g/mol. The quantitative estimate of drug-likeness (QED) is 0.929. The highest BCUT2D eigenvalue weighted by molar-refractivity contribution is 9.10. The lowest BCUT2D eigenvalue weighted by Crippen LogP contribution is -2.37. The van der Waals surface area contributed by atoms with Crippen LogP contribution in [0.3, 0.4) is 0 Å². The van der Waals surface area contributed by atoms with E-state index in [0.717, 1.165) is 22.6 Å². The number of rotatable bonds is 4. The topological polar surface area (TPSA) is 53.4 Å². The minimum absolute atomic E-state index is 0.0462. The minimum atomic E-state index is -0.793. The molecule has 0 radical (unpaired) electrons. The first-order chi connectivity index (χ1) is 7.66. The largest absolute Gasteiger partial charge is 0.480 e. The number of carbonyl (C=O) groups is 1. The number of carboxylic acids is 1. The van der Waals surface area contributed by atoms with Gasteiger partial charge in [-0.2, -0.15) is 0 Å². The van der Waals surface area contributed by atoms with Gasteiger partial charge in [-0.25, -0.2) is 4.98 Å². The SMILES string of the molecule is O=C(O)CN(c1nc(Br)cs1)C1CCCC1. The third-order valence-corrected chi connectivity index (χ3v) is 4.37. The molecule has 1 aliphatic rings. The fourth-order valence-corrected chi connectivity index (χ4v) is 3.41. The third-order valence-electron chi connectivity index (χ3n) is 2.78. The second-order valence-electron chi connectivity index (χ2n) is 3.91. The molecule has 0 saturated heterocycles. The van der Waals surface area contributed by atoms with Gasteiger partial charge >= 0.3 is 5.97 Å². The van der Waals surface area contributed by atoms with Crippen molar-refractivity contribution in [1.82, 2.24) is 4.98 Å². The predicted octanol–water partition coefficient (Wildman–Crippen LogP) is 2.74. The number of anilines is 1. The van der Waals surface area contributed by atoms with Crippen LogP contribution in [0, 0.1) is 0 Å². The van der Waals surface area contributed by atoms with E-state index in [-0.39, 0.29) is 6.54 Å². The summed E-state index contributed by atoms with van der Waals surface area (Å²) in [6.07, 6.45) is 4.52. The Morgan fingerprint density at radius 3 is 2.81 bits per heavy atom. The predicted molar refractivity (Wildman–Crippen MR) is 67.1 cm³/mol. The zero-order valence-corrected chi connectivity index (χ0v) is 11.1. The second kappa shape index (κ2) is 5.14. The molecule has 0 atom stereocenters. The van der Waals surface area contributed by atoms with Gasteiger partial charge in [0.15, 0.2) is 5.13 Å². The molecule has 6 heteroatoms. The third kappa shape index (κ3) is 2.74. The maximum atomic E-state index is 10.9. The van der Waals surface area contributed by atoms with Crippen LogP contribution in [0.4, 0.5) is 5.13 Å². The summed E-state index contributed by atoms with van der Waals surface area (Å²) in [5.41, 5.74) is 0. The van der Waals surface area contributed by atoms with E-state index >= 15 is 0 Å². The number of halogens is 1. The molecule has 0 amide bonds. The van der Waals surface area contributed by atoms with Crippen LogP contribution in [0.1, 0.15) is 25.7 Å². The molecule has 1 fully saturated rings. The van der Waals surface area contributed by atoms with Gasteiger partial charge in [-0.15, -0.1) is 11.3 Å². The van der Waals surface area contributed by atoms with Gasteiger partial charge in [-0.1, -0.05) is 12.8 Å². The van der Waals surface area contributed by atoms with Crippen molar-refractivity contribution >= 4 is 38.4 Å². The van der Waals surface area contributed by atoms with E-state index in [0.29, 0.717) is 6.04 Å². The van der Waals surface area contributed by atoms with E-state index in [2.05, 4.69) is 20.9 Å². The van der Waals surface area contributed by atoms with Gasteiger partial charge in [0.05, 0.1) is 0 Å². The van der Waals surface area contributed by atoms with E-state index in [1.807, 2.05) is 10.3 Å². The molecular weight excluding hydrogens is 292 g/mol. The van der Waals surface area contributed by atoms with Crippen LogP contribution in [-0.4, -0.2) is 28.6 Å². The minimum Gasteiger partial charge on any atom is -0.480 e. The molecular formula is C10H13BrN2O2S. The Bertz CT molecular complexity index is 377. The normalized spacial score (nSPS) is 16.6. The molecule has 0 aliphatic heterocycles. The molecule has 0 aromatic carbocycles. The molecule has 4 nitrogen and oxygen atoms in total. The van der Waals surface area contributed by atoms with Crippen molar-refractivity contribution in [2.75, 3.05) is 11.4 Å². The Hall–Kier alpha value is -0.620. The van der Waals surface area contributed by atoms with Gasteiger partial charge in [0, 0.05) is 11.4 Å². The number of hydrogen-bond donors (Lipinski definition) is 1. The van der Waals surface area contributed by atoms with E-state index in [9.17, 15) is 4.79 Å². The standard InChI is InChI=1S/C10H13BrN2O2S/c11-8-6-16-10(12-8)13(5-9(14)15)7-3-1-2-4-7/h6-7H,1-5H2,(H,14,15). The highest BCUT2D eigenvalue weighted by Gasteiger charge is 2.26. The second-order valence-corrected chi connectivity index (χ2v) is 5.56. The van der Waals surface area contributed by atoms with E-state index in [1.165, 1.54) is 24.2 Å². The van der Waals surface area contributed by atoms with Crippen LogP contribution < -0.4 is 4.90 Å². The van der Waals surface area contributed by atoms with Crippen LogP contribution in [-0.2, 0) is 4.79 Å². The summed E-state index contributed by atoms with van der Waals surface area (Å²) in [7, 11) is 0. The molecule has 1 heterocycles. The monoisotopic (exact) mass is 304 g/mol. The van der Waals surface area contributed by atoms with Crippen LogP contribution in [0.25, 0.3) is 0 Å². The van der Waals surface area contributed by atoms with Crippen molar-refractivity contribution in [2.45, 2.75) is 31.7 Å². The summed E-state index contributed by atoms with van der Waals surface area (Å²) in [4.78, 5) is 17.1. The number of thiazole rings is 1. The van der Waals surface area contributed by atoms with Crippen LogP contribution in [0.15, 0.2) is 9.98 Å². The number of aliphatic carboxylic acids is 1. The van der Waals surface area contributed by atoms with Gasteiger partial charge in [-0.05, 0) is 28.8 Å². The van der Waals surface area contributed by atoms with Gasteiger partial charge < -0.3 is 10.0 Å². The molecule has 2 rings (SSSR count). The number of aromatic nitrogens is 1. The molecule has 0 unspecified atom stereocenters. The van der Waals surface area contributed by atoms with Gasteiger partial charge in [0.2, 0.25) is 0 Å². The Balaban J connectivity index is 2.16. The van der Waals surface area contributed by atoms with Crippen molar-refractivity contribution < 1.29 is 9.90 Å². The molecule has 16 heavy (non-hydrogen) atoms. The van der Waals surface area contributed by atoms with Crippen molar-refractivity contribution in [3.05, 3.63) is 9.98 Å². The summed E-state index contributed by atoms with van der Waals surface area (Å²) < 4.78 is 0.779. The summed E-state index contributed by atoms with van der Waals surface area (Å²) in [6.45, 7) is 0.0462. The lowest BCUT2D eigenvalue weighted by molar-refractivity contribution is -0.135. The summed E-state index contributed by atoms with van der Waals surface area (Å²) >= 11 is 4.79. The molecule has 1 aliphatic carbocycles. The molecule has 0 spiro atoms. The van der Waals surface area contributed by atoms with E-state index in [1.54, 1.807) is 0 Å². The maximum Gasteiger partial charge on any atom is 0.323 e. The first-order valence-corrected chi connectivity index (χ1v) is 6.93. The Labute approximate surface area is 106 Å². The Morgan fingerprint density at radius 1 is 1.62 bits per heavy atom. The highest BCUT2D eigenvalue weighted by Crippen LogP contribution is 2.31. The smallest absolute Gasteiger partial charge is 0.323 e. The van der Waals surface area contributed by atoms with Crippen molar-refractivity contribution in [3.8, 4) is 0 Å². The van der Waals surface area contributed by atoms with Gasteiger partial charge in [0.25, 0.3) is 0 Å². The molecule has 88 valence electrons. The van der Waals surface area contributed by atoms with Crippen molar-refractivity contribution in [2.24, 2.45) is 0 Å². The van der Waals surface area contributed by atoms with Crippen molar-refractivity contribution in [1.29, 1.82) is 0 Å². The first-order valence-electron chi connectivity index (χ1n) is 5.26. The molecule has 0 bridgehead atoms. The zero-order valence-electron chi connectivity index (χ0n) is 8.73. The highest BCUT2D eigenvalue weighted by atomic mass is 79.9. The van der Waals surface area contributed by atoms with Gasteiger partial charge in [-0.3, -0.25) is 4.79 Å². The summed E-state index contributed by atoms with van der Waals surface area (Å²) in [5.74, 6) is -0.793. The lowest BCUT2D eigenvalue weighted by Gasteiger charge is -2.26. The fraction of sp³-hybridized carbons (Fsp3) is 0.600. The fourth-order valence-electron chi connectivity index (χ4n) is 2.09. The Morgan fingerprint density at radius 2 is 2.31 bits per heavy atom. The number of nitrogens with zero attached hydrogens (tertiary/aromatic N) is 2. The first kappa shape index (κ1) is 11.9. The van der Waals surface area contributed by atoms with E-state index < -0.39 is 5.97 Å². The molecule has 1 aromatic rings. The molecule has 1 aromatic heterocycles. The zero-order chi connectivity index (χ0) is 11.5. The average Bonchev–Trinajstić information content (AvgIpc) is 2.84. The number of hydrogen-bond acceptors (Lipinski definition) is 4. The van der Waals surface area contributed by atoms with Gasteiger partial charge in [0.1, 0.15) is 11.1 Å².